The molecule has 0 spiro atoms. The topological polar surface area (TPSA) is 63.5 Å². The summed E-state index contributed by atoms with van der Waals surface area (Å²) in [5.74, 6) is 1.44. The summed E-state index contributed by atoms with van der Waals surface area (Å²) in [6, 6.07) is 15.4. The predicted octanol–water partition coefficient (Wildman–Crippen LogP) is 6.48. The Bertz CT molecular complexity index is 1340. The monoisotopic (exact) mass is 503 g/mol. The highest BCUT2D eigenvalue weighted by Crippen LogP contribution is 2.32. The molecule has 1 fully saturated rings. The highest BCUT2D eigenvalue weighted by Gasteiger charge is 2.28. The summed E-state index contributed by atoms with van der Waals surface area (Å²) in [5, 5.41) is 1.58. The molecule has 36 heavy (non-hydrogen) atoms. The Morgan fingerprint density at radius 3 is 2.78 bits per heavy atom. The number of ether oxygens (including phenoxy) is 1. The number of fused-ring (bicyclic) bond motifs is 1. The van der Waals surface area contributed by atoms with E-state index in [1.54, 1.807) is 12.4 Å². The zero-order valence-corrected chi connectivity index (χ0v) is 21.2. The maximum absolute atomic E-state index is 13.5. The Morgan fingerprint density at radius 1 is 1.03 bits per heavy atom. The fourth-order valence-electron chi connectivity index (χ4n) is 4.59. The molecule has 0 atom stereocenters. The van der Waals surface area contributed by atoms with Gasteiger partial charge in [0.15, 0.2) is 0 Å². The lowest BCUT2D eigenvalue weighted by Crippen LogP contribution is -2.49. The lowest BCUT2D eigenvalue weighted by Gasteiger charge is -2.36. The largest absolute Gasteiger partial charge is 0.492 e. The maximum Gasteiger partial charge on any atom is 0.324 e. The number of hydrogen-bond acceptors (Lipinski definition) is 4. The molecule has 4 heterocycles. The summed E-state index contributed by atoms with van der Waals surface area (Å²) in [6.07, 6.45) is 9.65. The lowest BCUT2D eigenvalue weighted by molar-refractivity contribution is 0.192. The molecule has 7 nitrogen and oxygen atoms in total. The third kappa shape index (κ3) is 5.02. The Kier molecular flexibility index (Phi) is 7.37. The fraction of sp³-hybridized carbons (Fsp3) is 0.321. The molecule has 0 radical (unpaired) electrons. The zero-order chi connectivity index (χ0) is 24.9. The van der Waals surface area contributed by atoms with Crippen molar-refractivity contribution in [1.29, 1.82) is 0 Å². The molecule has 1 aromatic carbocycles. The van der Waals surface area contributed by atoms with Crippen LogP contribution in [0.1, 0.15) is 38.2 Å². The SMILES string of the molecule is CCCCCOc1cc(N2CCCN(Cc3ccnc4c3ccn4-c3ccccn3)C2=O)ccc1Cl. The van der Waals surface area contributed by atoms with Gasteiger partial charge in [0, 0.05) is 55.4 Å². The molecule has 0 aliphatic carbocycles. The van der Waals surface area contributed by atoms with Gasteiger partial charge in [0.2, 0.25) is 0 Å². The summed E-state index contributed by atoms with van der Waals surface area (Å²) in [4.78, 5) is 26.3. The maximum atomic E-state index is 13.5. The van der Waals surface area contributed by atoms with E-state index in [1.807, 2.05) is 69.1 Å². The van der Waals surface area contributed by atoms with Crippen molar-refractivity contribution in [2.24, 2.45) is 0 Å². The van der Waals surface area contributed by atoms with Crippen LogP contribution in [0.15, 0.2) is 67.1 Å². The lowest BCUT2D eigenvalue weighted by atomic mass is 10.1. The number of amides is 2. The van der Waals surface area contributed by atoms with Crippen molar-refractivity contribution >= 4 is 34.4 Å². The van der Waals surface area contributed by atoms with Gasteiger partial charge in [0.25, 0.3) is 0 Å². The fourth-order valence-corrected chi connectivity index (χ4v) is 4.76. The van der Waals surface area contributed by atoms with Crippen LogP contribution in [0.4, 0.5) is 10.5 Å². The second kappa shape index (κ2) is 11.0. The van der Waals surface area contributed by atoms with Crippen molar-refractivity contribution in [2.45, 2.75) is 39.2 Å². The van der Waals surface area contributed by atoms with Crippen molar-refractivity contribution in [1.82, 2.24) is 19.4 Å². The van der Waals surface area contributed by atoms with E-state index in [9.17, 15) is 4.79 Å². The molecular formula is C28H30ClN5O2. The summed E-state index contributed by atoms with van der Waals surface area (Å²) >= 11 is 6.37. The molecule has 0 N–H and O–H groups in total. The Morgan fingerprint density at radius 2 is 1.94 bits per heavy atom. The molecule has 1 saturated heterocycles. The van der Waals surface area contributed by atoms with Crippen LogP contribution in [0, 0.1) is 0 Å². The Balaban J connectivity index is 1.35. The third-order valence-electron chi connectivity index (χ3n) is 6.48. The van der Waals surface area contributed by atoms with E-state index in [2.05, 4.69) is 16.9 Å². The number of halogens is 1. The second-order valence-electron chi connectivity index (χ2n) is 8.96. The molecule has 2 amide bonds. The van der Waals surface area contributed by atoms with Crippen molar-refractivity contribution in [3.63, 3.8) is 0 Å². The molecule has 8 heteroatoms. The minimum atomic E-state index is -0.0189. The van der Waals surface area contributed by atoms with Gasteiger partial charge in [-0.3, -0.25) is 9.47 Å². The molecule has 5 rings (SSSR count). The van der Waals surface area contributed by atoms with E-state index in [0.717, 1.165) is 53.8 Å². The first-order valence-electron chi connectivity index (χ1n) is 12.5. The Labute approximate surface area is 216 Å². The van der Waals surface area contributed by atoms with E-state index < -0.39 is 0 Å². The van der Waals surface area contributed by atoms with Gasteiger partial charge in [0.05, 0.1) is 11.6 Å². The minimum Gasteiger partial charge on any atom is -0.492 e. The van der Waals surface area contributed by atoms with Crippen LogP contribution in [-0.4, -0.2) is 45.2 Å². The summed E-state index contributed by atoms with van der Waals surface area (Å²) in [6.45, 7) is 4.65. The number of nitrogens with zero attached hydrogens (tertiary/aromatic N) is 5. The number of carbonyl (C=O) groups is 1. The first kappa shape index (κ1) is 24.1. The first-order chi connectivity index (χ1) is 17.7. The number of anilines is 1. The summed E-state index contributed by atoms with van der Waals surface area (Å²) < 4.78 is 7.89. The average Bonchev–Trinajstić information content (AvgIpc) is 3.35. The molecule has 1 aliphatic heterocycles. The van der Waals surface area contributed by atoms with Crippen LogP contribution in [0.3, 0.4) is 0 Å². The number of carbonyl (C=O) groups excluding carboxylic acids is 1. The molecular weight excluding hydrogens is 474 g/mol. The van der Waals surface area contributed by atoms with Gasteiger partial charge in [-0.15, -0.1) is 0 Å². The Hall–Kier alpha value is -3.58. The first-order valence-corrected chi connectivity index (χ1v) is 12.9. The quantitative estimate of drug-likeness (QED) is 0.245. The van der Waals surface area contributed by atoms with E-state index in [1.165, 1.54) is 0 Å². The second-order valence-corrected chi connectivity index (χ2v) is 9.37. The number of pyridine rings is 2. The van der Waals surface area contributed by atoms with Crippen LogP contribution in [0.25, 0.3) is 16.9 Å². The highest BCUT2D eigenvalue weighted by molar-refractivity contribution is 6.32. The molecule has 3 aromatic heterocycles. The molecule has 0 saturated carbocycles. The summed E-state index contributed by atoms with van der Waals surface area (Å²) in [7, 11) is 0. The van der Waals surface area contributed by atoms with Gasteiger partial charge < -0.3 is 9.64 Å². The number of urea groups is 1. The van der Waals surface area contributed by atoms with Gasteiger partial charge in [-0.1, -0.05) is 37.4 Å². The highest BCUT2D eigenvalue weighted by atomic mass is 35.5. The van der Waals surface area contributed by atoms with Crippen LogP contribution < -0.4 is 9.64 Å². The van der Waals surface area contributed by atoms with Crippen molar-refractivity contribution in [2.75, 3.05) is 24.6 Å². The standard InChI is InChI=1S/C28H30ClN5O2/c1-2-3-6-18-36-25-19-22(9-10-24(25)29)33-16-7-15-32(28(33)35)20-21-11-14-31-27-23(21)12-17-34(27)26-8-4-5-13-30-26/h4-5,8-14,17,19H,2-3,6-7,15-16,18,20H2,1H3. The van der Waals surface area contributed by atoms with Gasteiger partial charge >= 0.3 is 6.03 Å². The van der Waals surface area contributed by atoms with Gasteiger partial charge in [-0.25, -0.2) is 14.8 Å². The molecule has 4 aromatic rings. The summed E-state index contributed by atoms with van der Waals surface area (Å²) in [5.41, 5.74) is 2.69. The van der Waals surface area contributed by atoms with Crippen LogP contribution >= 0.6 is 11.6 Å². The van der Waals surface area contributed by atoms with Crippen LogP contribution in [0.5, 0.6) is 5.75 Å². The van der Waals surface area contributed by atoms with Crippen molar-refractivity contribution < 1.29 is 9.53 Å². The van der Waals surface area contributed by atoms with E-state index in [4.69, 9.17) is 16.3 Å². The van der Waals surface area contributed by atoms with Crippen molar-refractivity contribution in [3.05, 3.63) is 77.7 Å². The van der Waals surface area contributed by atoms with E-state index in [0.29, 0.717) is 37.0 Å². The number of benzene rings is 1. The number of aromatic nitrogens is 3. The van der Waals surface area contributed by atoms with E-state index >= 15 is 0 Å². The number of hydrogen-bond donors (Lipinski definition) is 0. The minimum absolute atomic E-state index is 0.0189. The normalized spacial score (nSPS) is 14.0. The predicted molar refractivity (Wildman–Crippen MR) is 143 cm³/mol. The van der Waals surface area contributed by atoms with Crippen LogP contribution in [0.2, 0.25) is 5.02 Å². The number of unbranched alkanes of at least 4 members (excludes halogenated alkanes) is 2. The zero-order valence-electron chi connectivity index (χ0n) is 20.4. The van der Waals surface area contributed by atoms with Gasteiger partial charge in [-0.05, 0) is 54.8 Å². The smallest absolute Gasteiger partial charge is 0.324 e. The molecule has 0 bridgehead atoms. The average molecular weight is 504 g/mol. The van der Waals surface area contributed by atoms with Crippen molar-refractivity contribution in [3.8, 4) is 11.6 Å². The van der Waals surface area contributed by atoms with Gasteiger partial charge in [0.1, 0.15) is 17.2 Å². The molecule has 0 unspecified atom stereocenters. The molecule has 1 aliphatic rings. The van der Waals surface area contributed by atoms with E-state index in [-0.39, 0.29) is 6.03 Å². The van der Waals surface area contributed by atoms with Crippen LogP contribution in [-0.2, 0) is 6.54 Å². The number of rotatable bonds is 9. The van der Waals surface area contributed by atoms with Gasteiger partial charge in [-0.2, -0.15) is 0 Å². The third-order valence-corrected chi connectivity index (χ3v) is 6.79. The molecule has 186 valence electrons.